The molecule has 0 saturated carbocycles. The Morgan fingerprint density at radius 3 is 2.44 bits per heavy atom. The predicted molar refractivity (Wildman–Crippen MR) is 155 cm³/mol. The molecule has 0 spiro atoms. The number of nitrogens with one attached hydrogen (secondary N) is 2. The van der Waals surface area contributed by atoms with Gasteiger partial charge in [-0.1, -0.05) is 18.2 Å². The summed E-state index contributed by atoms with van der Waals surface area (Å²) in [5.74, 6) is 0.340. The fourth-order valence-electron chi connectivity index (χ4n) is 4.52. The highest BCUT2D eigenvalue weighted by Gasteiger charge is 2.30. The number of fused-ring (bicyclic) bond motifs is 1. The standard InChI is InChI=1S/C30H33N5O6/c1-18-24(35(29(38)39)30(2,3)4)14-13-22-25(18)27(37)41-28(33-22)34-23(16-19-9-11-21(40-5)12-10-19)26(36)32-17-20-8-6-7-15-31-20/h6-15,23H,16-17H2,1-5H3,(H,32,36)(H,33,34)(H,38,39)/t23-/m0/s1. The summed E-state index contributed by atoms with van der Waals surface area (Å²) in [6.07, 6.45) is 0.763. The number of anilines is 2. The summed E-state index contributed by atoms with van der Waals surface area (Å²) < 4.78 is 10.7. The molecule has 11 nitrogen and oxygen atoms in total. The van der Waals surface area contributed by atoms with E-state index in [-0.39, 0.29) is 30.3 Å². The quantitative estimate of drug-likeness (QED) is 0.269. The van der Waals surface area contributed by atoms with Crippen LogP contribution in [0.1, 0.15) is 37.6 Å². The van der Waals surface area contributed by atoms with Crippen LogP contribution in [-0.2, 0) is 17.8 Å². The first-order chi connectivity index (χ1) is 19.5. The van der Waals surface area contributed by atoms with E-state index in [0.29, 0.717) is 28.2 Å². The van der Waals surface area contributed by atoms with Crippen molar-refractivity contribution < 1.29 is 23.8 Å². The summed E-state index contributed by atoms with van der Waals surface area (Å²) in [5.41, 5.74) is 1.17. The van der Waals surface area contributed by atoms with Crippen molar-refractivity contribution in [2.24, 2.45) is 0 Å². The number of carbonyl (C=O) groups is 2. The van der Waals surface area contributed by atoms with E-state index in [1.165, 1.54) is 4.90 Å². The van der Waals surface area contributed by atoms with Gasteiger partial charge in [0.15, 0.2) is 0 Å². The lowest BCUT2D eigenvalue weighted by Gasteiger charge is -2.34. The molecule has 214 valence electrons. The SMILES string of the molecule is COc1ccc(C[C@H](Nc2nc3ccc(N(C(=O)O)C(C)(C)C)c(C)c3c(=O)o2)C(=O)NCc2ccccn2)cc1. The van der Waals surface area contributed by atoms with Crippen LogP contribution in [-0.4, -0.2) is 45.8 Å². The van der Waals surface area contributed by atoms with Crippen LogP contribution in [0.3, 0.4) is 0 Å². The highest BCUT2D eigenvalue weighted by Crippen LogP contribution is 2.31. The number of rotatable bonds is 9. The molecule has 11 heteroatoms. The molecule has 0 aliphatic heterocycles. The highest BCUT2D eigenvalue weighted by molar-refractivity contribution is 5.95. The largest absolute Gasteiger partial charge is 0.497 e. The first kappa shape index (κ1) is 29.1. The Labute approximate surface area is 237 Å². The number of amides is 2. The van der Waals surface area contributed by atoms with Crippen molar-refractivity contribution in [1.29, 1.82) is 0 Å². The maximum absolute atomic E-state index is 13.3. The summed E-state index contributed by atoms with van der Waals surface area (Å²) in [7, 11) is 1.57. The zero-order valence-corrected chi connectivity index (χ0v) is 23.6. The van der Waals surface area contributed by atoms with E-state index in [2.05, 4.69) is 20.6 Å². The van der Waals surface area contributed by atoms with Gasteiger partial charge in [-0.2, -0.15) is 4.98 Å². The van der Waals surface area contributed by atoms with Crippen LogP contribution < -0.4 is 25.9 Å². The first-order valence-electron chi connectivity index (χ1n) is 13.0. The van der Waals surface area contributed by atoms with Crippen LogP contribution in [0.5, 0.6) is 5.75 Å². The summed E-state index contributed by atoms with van der Waals surface area (Å²) in [4.78, 5) is 48.4. The molecule has 1 atom stereocenters. The molecule has 0 aliphatic rings. The second-order valence-corrected chi connectivity index (χ2v) is 10.5. The van der Waals surface area contributed by atoms with E-state index >= 15 is 0 Å². The van der Waals surface area contributed by atoms with Crippen LogP contribution in [0, 0.1) is 6.92 Å². The molecule has 0 unspecified atom stereocenters. The van der Waals surface area contributed by atoms with Crippen molar-refractivity contribution in [3.05, 3.63) is 88.0 Å². The molecule has 41 heavy (non-hydrogen) atoms. The van der Waals surface area contributed by atoms with Gasteiger partial charge in [0.1, 0.15) is 11.8 Å². The third-order valence-electron chi connectivity index (χ3n) is 6.52. The van der Waals surface area contributed by atoms with Crippen molar-refractivity contribution >= 4 is 34.6 Å². The van der Waals surface area contributed by atoms with E-state index in [9.17, 15) is 19.5 Å². The molecule has 4 rings (SSSR count). The second-order valence-electron chi connectivity index (χ2n) is 10.5. The van der Waals surface area contributed by atoms with Crippen LogP contribution in [0.4, 0.5) is 16.5 Å². The first-order valence-corrected chi connectivity index (χ1v) is 13.0. The highest BCUT2D eigenvalue weighted by atomic mass is 16.5. The van der Waals surface area contributed by atoms with Crippen LogP contribution >= 0.6 is 0 Å². The Kier molecular flexibility index (Phi) is 8.56. The van der Waals surface area contributed by atoms with Gasteiger partial charge in [-0.3, -0.25) is 14.7 Å². The van der Waals surface area contributed by atoms with E-state index in [0.717, 1.165) is 5.56 Å². The van der Waals surface area contributed by atoms with Crippen molar-refractivity contribution in [3.63, 3.8) is 0 Å². The lowest BCUT2D eigenvalue weighted by Crippen LogP contribution is -2.45. The average molecular weight is 560 g/mol. The minimum absolute atomic E-state index is 0.132. The third kappa shape index (κ3) is 6.81. The zero-order valence-electron chi connectivity index (χ0n) is 23.6. The van der Waals surface area contributed by atoms with Crippen molar-refractivity contribution in [2.45, 2.75) is 52.2 Å². The molecule has 3 N–H and O–H groups in total. The molecule has 2 aromatic carbocycles. The normalized spacial score (nSPS) is 12.0. The second kappa shape index (κ2) is 12.1. The van der Waals surface area contributed by atoms with Gasteiger partial charge >= 0.3 is 11.7 Å². The molecule has 2 heterocycles. The van der Waals surface area contributed by atoms with Gasteiger partial charge in [0.2, 0.25) is 5.91 Å². The lowest BCUT2D eigenvalue weighted by atomic mass is 10.0. The van der Waals surface area contributed by atoms with Gasteiger partial charge in [0, 0.05) is 18.2 Å². The van der Waals surface area contributed by atoms with E-state index in [4.69, 9.17) is 9.15 Å². The zero-order chi connectivity index (χ0) is 29.7. The summed E-state index contributed by atoms with van der Waals surface area (Å²) >= 11 is 0. The van der Waals surface area contributed by atoms with Crippen molar-refractivity contribution in [1.82, 2.24) is 15.3 Å². The molecule has 2 aromatic heterocycles. The number of pyridine rings is 1. The number of carboxylic acid groups (broad SMARTS) is 1. The van der Waals surface area contributed by atoms with Gasteiger partial charge in [0.25, 0.3) is 6.01 Å². The van der Waals surface area contributed by atoms with Gasteiger partial charge in [0.05, 0.1) is 35.9 Å². The number of carbonyl (C=O) groups excluding carboxylic acids is 1. The monoisotopic (exact) mass is 559 g/mol. The topological polar surface area (TPSA) is 147 Å². The molecule has 2 amide bonds. The van der Waals surface area contributed by atoms with Crippen LogP contribution in [0.25, 0.3) is 10.9 Å². The Hall–Kier alpha value is -4.93. The number of methoxy groups -OCH3 is 1. The Morgan fingerprint density at radius 1 is 1.10 bits per heavy atom. The van der Waals surface area contributed by atoms with Crippen molar-refractivity contribution in [2.75, 3.05) is 17.3 Å². The number of hydrogen-bond donors (Lipinski definition) is 3. The van der Waals surface area contributed by atoms with E-state index < -0.39 is 23.3 Å². The Balaban J connectivity index is 1.66. The summed E-state index contributed by atoms with van der Waals surface area (Å²) in [5, 5.41) is 15.9. The molecular formula is C30H33N5O6. The minimum Gasteiger partial charge on any atom is -0.497 e. The third-order valence-corrected chi connectivity index (χ3v) is 6.52. The fraction of sp³-hybridized carbons (Fsp3) is 0.300. The minimum atomic E-state index is -1.14. The maximum atomic E-state index is 13.3. The lowest BCUT2D eigenvalue weighted by molar-refractivity contribution is -0.122. The molecule has 0 bridgehead atoms. The molecule has 0 fully saturated rings. The summed E-state index contributed by atoms with van der Waals surface area (Å²) in [6, 6.07) is 14.9. The van der Waals surface area contributed by atoms with Gasteiger partial charge in [-0.25, -0.2) is 9.59 Å². The Bertz CT molecular complexity index is 1600. The van der Waals surface area contributed by atoms with E-state index in [1.54, 1.807) is 77.4 Å². The fourth-order valence-corrected chi connectivity index (χ4v) is 4.52. The van der Waals surface area contributed by atoms with Gasteiger partial charge in [-0.15, -0.1) is 0 Å². The molecule has 0 aliphatic carbocycles. The number of nitrogens with zero attached hydrogens (tertiary/aromatic N) is 3. The van der Waals surface area contributed by atoms with E-state index in [1.807, 2.05) is 18.2 Å². The number of aryl methyl sites for hydroxylation is 1. The number of hydrogen-bond acceptors (Lipinski definition) is 8. The average Bonchev–Trinajstić information content (AvgIpc) is 2.92. The van der Waals surface area contributed by atoms with Crippen molar-refractivity contribution in [3.8, 4) is 5.75 Å². The number of aromatic nitrogens is 2. The predicted octanol–water partition coefficient (Wildman–Crippen LogP) is 4.52. The maximum Gasteiger partial charge on any atom is 0.412 e. The molecular weight excluding hydrogens is 526 g/mol. The smallest absolute Gasteiger partial charge is 0.412 e. The molecule has 4 aromatic rings. The number of benzene rings is 2. The van der Waals surface area contributed by atoms with Gasteiger partial charge < -0.3 is 24.9 Å². The van der Waals surface area contributed by atoms with Crippen LogP contribution in [0.2, 0.25) is 0 Å². The number of ether oxygens (including phenoxy) is 1. The van der Waals surface area contributed by atoms with Crippen LogP contribution in [0.15, 0.2) is 70.0 Å². The molecule has 0 saturated heterocycles. The molecule has 0 radical (unpaired) electrons. The van der Waals surface area contributed by atoms with Gasteiger partial charge in [-0.05, 0) is 75.2 Å². The Morgan fingerprint density at radius 2 is 1.83 bits per heavy atom. The summed E-state index contributed by atoms with van der Waals surface area (Å²) in [6.45, 7) is 7.16.